The third-order valence-electron chi connectivity index (χ3n) is 5.05. The molecule has 1 aromatic carbocycles. The van der Waals surface area contributed by atoms with E-state index >= 15 is 0 Å². The topological polar surface area (TPSA) is 75.6 Å². The van der Waals surface area contributed by atoms with E-state index in [4.69, 9.17) is 0 Å². The van der Waals surface area contributed by atoms with Crippen LogP contribution in [0.1, 0.15) is 38.3 Å². The van der Waals surface area contributed by atoms with Crippen LogP contribution in [-0.2, 0) is 18.4 Å². The van der Waals surface area contributed by atoms with Gasteiger partial charge in [0.1, 0.15) is 5.39 Å². The first-order valence-corrected chi connectivity index (χ1v) is 9.21. The molecular weight excluding hydrogens is 326 g/mol. The summed E-state index contributed by atoms with van der Waals surface area (Å²) in [7, 11) is 0. The van der Waals surface area contributed by atoms with Crippen molar-refractivity contribution >= 4 is 17.0 Å². The van der Waals surface area contributed by atoms with Gasteiger partial charge in [-0.1, -0.05) is 24.3 Å². The minimum Gasteiger partial charge on any atom is -0.356 e. The normalized spacial score (nSPS) is 14.7. The van der Waals surface area contributed by atoms with Gasteiger partial charge in [-0.15, -0.1) is 0 Å². The van der Waals surface area contributed by atoms with Crippen LogP contribution in [-0.4, -0.2) is 26.3 Å². The molecule has 3 aromatic rings. The molecule has 0 fully saturated rings. The number of hydrogen-bond donors (Lipinski definition) is 2. The van der Waals surface area contributed by atoms with Crippen LogP contribution in [0, 0.1) is 5.92 Å². The molecule has 0 radical (unpaired) electrons. The number of anilines is 1. The fraction of sp³-hybridized carbons (Fsp3) is 0.450. The standard InChI is InChI=1S/C20H25N5O/c1-20(2,3)25-17-16(12-22-25)18(26)24-19(23-17)21-9-8-13-10-14-6-4-5-7-15(14)11-13/h4-7,12-13H,8-11H2,1-3H3,(H2,21,23,24,26). The van der Waals surface area contributed by atoms with Crippen LogP contribution >= 0.6 is 0 Å². The quantitative estimate of drug-likeness (QED) is 0.757. The molecule has 6 heteroatoms. The molecule has 0 bridgehead atoms. The van der Waals surface area contributed by atoms with Crippen LogP contribution in [0.2, 0.25) is 0 Å². The molecule has 1 aliphatic rings. The summed E-state index contributed by atoms with van der Waals surface area (Å²) in [5.74, 6) is 1.17. The lowest BCUT2D eigenvalue weighted by atomic mass is 10.0. The minimum atomic E-state index is -0.227. The Kier molecular flexibility index (Phi) is 4.05. The van der Waals surface area contributed by atoms with Gasteiger partial charge in [-0.2, -0.15) is 10.1 Å². The number of fused-ring (bicyclic) bond motifs is 2. The number of hydrogen-bond acceptors (Lipinski definition) is 4. The van der Waals surface area contributed by atoms with Crippen LogP contribution < -0.4 is 10.9 Å². The Balaban J connectivity index is 1.46. The predicted octanol–water partition coefficient (Wildman–Crippen LogP) is 3.09. The van der Waals surface area contributed by atoms with Crippen molar-refractivity contribution in [3.05, 3.63) is 51.9 Å². The van der Waals surface area contributed by atoms with E-state index in [1.165, 1.54) is 11.1 Å². The van der Waals surface area contributed by atoms with Crippen molar-refractivity contribution in [1.82, 2.24) is 19.7 Å². The Morgan fingerprint density at radius 3 is 2.58 bits per heavy atom. The Morgan fingerprint density at radius 2 is 1.92 bits per heavy atom. The van der Waals surface area contributed by atoms with Gasteiger partial charge in [0.05, 0.1) is 11.7 Å². The largest absolute Gasteiger partial charge is 0.356 e. The molecule has 0 spiro atoms. The lowest BCUT2D eigenvalue weighted by Crippen LogP contribution is -2.24. The molecular formula is C20H25N5O. The van der Waals surface area contributed by atoms with Gasteiger partial charge in [-0.05, 0) is 57.1 Å². The predicted molar refractivity (Wildman–Crippen MR) is 104 cm³/mol. The van der Waals surface area contributed by atoms with Crippen molar-refractivity contribution in [1.29, 1.82) is 0 Å². The first-order chi connectivity index (χ1) is 12.4. The zero-order valence-corrected chi connectivity index (χ0v) is 15.5. The molecule has 4 rings (SSSR count). The van der Waals surface area contributed by atoms with Crippen LogP contribution in [0.15, 0.2) is 35.3 Å². The highest BCUT2D eigenvalue weighted by Gasteiger charge is 2.21. The first kappa shape index (κ1) is 16.8. The van der Waals surface area contributed by atoms with Crippen molar-refractivity contribution in [2.45, 2.75) is 45.6 Å². The lowest BCUT2D eigenvalue weighted by Gasteiger charge is -2.19. The van der Waals surface area contributed by atoms with Gasteiger partial charge in [0.2, 0.25) is 5.95 Å². The summed E-state index contributed by atoms with van der Waals surface area (Å²) in [4.78, 5) is 19.7. The second kappa shape index (κ2) is 6.27. The highest BCUT2D eigenvalue weighted by molar-refractivity contribution is 5.74. The molecule has 6 nitrogen and oxygen atoms in total. The summed E-state index contributed by atoms with van der Waals surface area (Å²) < 4.78 is 1.80. The molecule has 2 N–H and O–H groups in total. The van der Waals surface area contributed by atoms with Crippen LogP contribution in [0.3, 0.4) is 0 Å². The van der Waals surface area contributed by atoms with Crippen molar-refractivity contribution in [3.63, 3.8) is 0 Å². The van der Waals surface area contributed by atoms with E-state index in [0.717, 1.165) is 25.8 Å². The monoisotopic (exact) mass is 351 g/mol. The number of aromatic amines is 1. The Morgan fingerprint density at radius 1 is 1.23 bits per heavy atom. The van der Waals surface area contributed by atoms with Gasteiger partial charge in [0.15, 0.2) is 5.65 Å². The van der Waals surface area contributed by atoms with Gasteiger partial charge in [0, 0.05) is 6.54 Å². The molecule has 2 aromatic heterocycles. The SMILES string of the molecule is CC(C)(C)n1ncc2c(=O)[nH]c(NCCC3Cc4ccccc4C3)nc21. The molecule has 0 saturated carbocycles. The summed E-state index contributed by atoms with van der Waals surface area (Å²) >= 11 is 0. The van der Waals surface area contributed by atoms with Crippen molar-refractivity contribution in [2.24, 2.45) is 5.92 Å². The molecule has 0 saturated heterocycles. The molecule has 1 aliphatic carbocycles. The zero-order valence-electron chi connectivity index (χ0n) is 15.5. The second-order valence-corrected chi connectivity index (χ2v) is 8.14. The van der Waals surface area contributed by atoms with E-state index < -0.39 is 0 Å². The summed E-state index contributed by atoms with van der Waals surface area (Å²) in [6, 6.07) is 8.68. The number of nitrogens with zero attached hydrogens (tertiary/aromatic N) is 3. The summed E-state index contributed by atoms with van der Waals surface area (Å²) in [5, 5.41) is 8.16. The molecule has 2 heterocycles. The number of benzene rings is 1. The number of aromatic nitrogens is 4. The van der Waals surface area contributed by atoms with Gasteiger partial charge in [0.25, 0.3) is 5.56 Å². The Labute approximate surface area is 152 Å². The van der Waals surface area contributed by atoms with E-state index in [1.54, 1.807) is 10.9 Å². The third-order valence-corrected chi connectivity index (χ3v) is 5.05. The Bertz CT molecular complexity index is 970. The fourth-order valence-corrected chi connectivity index (χ4v) is 3.74. The first-order valence-electron chi connectivity index (χ1n) is 9.21. The van der Waals surface area contributed by atoms with Crippen LogP contribution in [0.25, 0.3) is 11.0 Å². The summed E-state index contributed by atoms with van der Waals surface area (Å²) in [6.07, 6.45) is 4.91. The van der Waals surface area contributed by atoms with Gasteiger partial charge < -0.3 is 5.32 Å². The van der Waals surface area contributed by atoms with Crippen LogP contribution in [0.5, 0.6) is 0 Å². The van der Waals surface area contributed by atoms with Crippen molar-refractivity contribution < 1.29 is 0 Å². The van der Waals surface area contributed by atoms with Gasteiger partial charge in [-0.3, -0.25) is 9.78 Å². The maximum atomic E-state index is 12.3. The number of nitrogens with one attached hydrogen (secondary N) is 2. The van der Waals surface area contributed by atoms with Crippen molar-refractivity contribution in [3.8, 4) is 0 Å². The average molecular weight is 351 g/mol. The van der Waals surface area contributed by atoms with E-state index in [2.05, 4.69) is 44.6 Å². The zero-order chi connectivity index (χ0) is 18.3. The smallest absolute Gasteiger partial charge is 0.263 e. The molecule has 0 aliphatic heterocycles. The molecule has 0 atom stereocenters. The highest BCUT2D eigenvalue weighted by atomic mass is 16.1. The van der Waals surface area contributed by atoms with Crippen molar-refractivity contribution in [2.75, 3.05) is 11.9 Å². The maximum absolute atomic E-state index is 12.3. The van der Waals surface area contributed by atoms with E-state index in [1.807, 2.05) is 20.8 Å². The van der Waals surface area contributed by atoms with E-state index in [9.17, 15) is 4.79 Å². The summed E-state index contributed by atoms with van der Waals surface area (Å²) in [6.45, 7) is 6.93. The molecule has 136 valence electrons. The second-order valence-electron chi connectivity index (χ2n) is 8.14. The molecule has 0 amide bonds. The number of H-pyrrole nitrogens is 1. The molecule has 26 heavy (non-hydrogen) atoms. The number of rotatable bonds is 4. The van der Waals surface area contributed by atoms with Gasteiger partial charge >= 0.3 is 0 Å². The third kappa shape index (κ3) is 3.11. The summed E-state index contributed by atoms with van der Waals surface area (Å²) in [5.41, 5.74) is 3.19. The minimum absolute atomic E-state index is 0.152. The highest BCUT2D eigenvalue weighted by Crippen LogP contribution is 2.28. The fourth-order valence-electron chi connectivity index (χ4n) is 3.74. The van der Waals surface area contributed by atoms with E-state index in [-0.39, 0.29) is 11.1 Å². The van der Waals surface area contributed by atoms with Crippen LogP contribution in [0.4, 0.5) is 5.95 Å². The Hall–Kier alpha value is -2.63. The maximum Gasteiger partial charge on any atom is 0.263 e. The van der Waals surface area contributed by atoms with E-state index in [0.29, 0.717) is 22.9 Å². The molecule has 0 unspecified atom stereocenters. The van der Waals surface area contributed by atoms with Gasteiger partial charge in [-0.25, -0.2) is 4.68 Å². The lowest BCUT2D eigenvalue weighted by molar-refractivity contribution is 0.366. The average Bonchev–Trinajstić information content (AvgIpc) is 3.18.